The summed E-state index contributed by atoms with van der Waals surface area (Å²) in [4.78, 5) is 23.9. The third-order valence-electron chi connectivity index (χ3n) is 3.22. The number of urea groups is 1. The molecular weight excluding hydrogens is 236 g/mol. The molecule has 6 nitrogen and oxygen atoms in total. The number of hydrogen-bond donors (Lipinski definition) is 2. The summed E-state index contributed by atoms with van der Waals surface area (Å²) in [5.74, 6) is -0.839. The Morgan fingerprint density at radius 1 is 1.50 bits per heavy atom. The smallest absolute Gasteiger partial charge is 0.317 e. The quantitative estimate of drug-likeness (QED) is 0.723. The Morgan fingerprint density at radius 3 is 2.83 bits per heavy atom. The van der Waals surface area contributed by atoms with E-state index in [0.29, 0.717) is 32.7 Å². The van der Waals surface area contributed by atoms with Gasteiger partial charge in [0.05, 0.1) is 18.8 Å². The summed E-state index contributed by atoms with van der Waals surface area (Å²) in [6.07, 6.45) is 1.39. The van der Waals surface area contributed by atoms with E-state index in [-0.39, 0.29) is 18.1 Å². The number of carboxylic acid groups (broad SMARTS) is 1. The molecule has 0 aromatic carbocycles. The van der Waals surface area contributed by atoms with Gasteiger partial charge in [0, 0.05) is 19.5 Å². The number of amides is 2. The molecule has 1 saturated heterocycles. The van der Waals surface area contributed by atoms with Gasteiger partial charge in [-0.05, 0) is 19.8 Å². The first-order chi connectivity index (χ1) is 8.47. The molecule has 1 atom stereocenters. The van der Waals surface area contributed by atoms with Crippen molar-refractivity contribution in [3.05, 3.63) is 0 Å². The Hall–Kier alpha value is -1.30. The maximum absolute atomic E-state index is 11.9. The highest BCUT2D eigenvalue weighted by Gasteiger charge is 2.32. The maximum atomic E-state index is 11.9. The zero-order valence-electron chi connectivity index (χ0n) is 11.1. The number of hydrogen-bond acceptors (Lipinski definition) is 3. The van der Waals surface area contributed by atoms with Crippen LogP contribution in [0.5, 0.6) is 0 Å². The van der Waals surface area contributed by atoms with Crippen molar-refractivity contribution >= 4 is 12.0 Å². The summed E-state index contributed by atoms with van der Waals surface area (Å²) in [6, 6.07) is -0.136. The third-order valence-corrected chi connectivity index (χ3v) is 3.22. The van der Waals surface area contributed by atoms with Crippen LogP contribution in [0.15, 0.2) is 0 Å². The summed E-state index contributed by atoms with van der Waals surface area (Å²) >= 11 is 0. The molecule has 0 bridgehead atoms. The van der Waals surface area contributed by atoms with Crippen LogP contribution in [-0.4, -0.2) is 53.8 Å². The number of carbonyl (C=O) groups excluding carboxylic acids is 1. The van der Waals surface area contributed by atoms with E-state index in [1.807, 2.05) is 13.8 Å². The van der Waals surface area contributed by atoms with Crippen molar-refractivity contribution in [1.82, 2.24) is 10.2 Å². The SMILES string of the molecule is CCC1(C)CN(C(=O)NCCCC(=O)O)CCO1. The molecule has 1 aliphatic rings. The summed E-state index contributed by atoms with van der Waals surface area (Å²) in [5.41, 5.74) is -0.267. The van der Waals surface area contributed by atoms with Crippen LogP contribution in [0.1, 0.15) is 33.1 Å². The fourth-order valence-corrected chi connectivity index (χ4v) is 1.86. The lowest BCUT2D eigenvalue weighted by atomic mass is 10.0. The molecule has 1 aliphatic heterocycles. The van der Waals surface area contributed by atoms with Gasteiger partial charge in [-0.3, -0.25) is 4.79 Å². The van der Waals surface area contributed by atoms with Crippen LogP contribution in [0, 0.1) is 0 Å². The zero-order valence-corrected chi connectivity index (χ0v) is 11.1. The topological polar surface area (TPSA) is 78.9 Å². The van der Waals surface area contributed by atoms with Gasteiger partial charge >= 0.3 is 12.0 Å². The molecule has 0 aliphatic carbocycles. The van der Waals surface area contributed by atoms with E-state index in [0.717, 1.165) is 6.42 Å². The number of carboxylic acids is 1. The number of nitrogens with zero attached hydrogens (tertiary/aromatic N) is 1. The molecule has 0 aromatic rings. The minimum Gasteiger partial charge on any atom is -0.481 e. The van der Waals surface area contributed by atoms with Crippen molar-refractivity contribution in [3.8, 4) is 0 Å². The molecule has 1 heterocycles. The lowest BCUT2D eigenvalue weighted by Gasteiger charge is -2.39. The minimum absolute atomic E-state index is 0.0794. The Bertz CT molecular complexity index is 308. The lowest BCUT2D eigenvalue weighted by molar-refractivity contribution is -0.137. The number of rotatable bonds is 5. The monoisotopic (exact) mass is 258 g/mol. The molecule has 1 rings (SSSR count). The van der Waals surface area contributed by atoms with Crippen LogP contribution in [-0.2, 0) is 9.53 Å². The molecule has 6 heteroatoms. The van der Waals surface area contributed by atoms with Crippen molar-refractivity contribution in [2.75, 3.05) is 26.2 Å². The van der Waals surface area contributed by atoms with E-state index in [4.69, 9.17) is 9.84 Å². The van der Waals surface area contributed by atoms with Gasteiger partial charge in [-0.2, -0.15) is 0 Å². The van der Waals surface area contributed by atoms with Crippen LogP contribution >= 0.6 is 0 Å². The van der Waals surface area contributed by atoms with Gasteiger partial charge in [-0.15, -0.1) is 0 Å². The van der Waals surface area contributed by atoms with Crippen molar-refractivity contribution in [3.63, 3.8) is 0 Å². The van der Waals surface area contributed by atoms with Crippen LogP contribution in [0.25, 0.3) is 0 Å². The van der Waals surface area contributed by atoms with Crippen LogP contribution in [0.3, 0.4) is 0 Å². The summed E-state index contributed by atoms with van der Waals surface area (Å²) < 4.78 is 5.65. The van der Waals surface area contributed by atoms with E-state index in [9.17, 15) is 9.59 Å². The first-order valence-electron chi connectivity index (χ1n) is 6.35. The highest BCUT2D eigenvalue weighted by Crippen LogP contribution is 2.20. The molecule has 1 fully saturated rings. The largest absolute Gasteiger partial charge is 0.481 e. The van der Waals surface area contributed by atoms with Crippen molar-refractivity contribution < 1.29 is 19.4 Å². The lowest BCUT2D eigenvalue weighted by Crippen LogP contribution is -2.54. The summed E-state index contributed by atoms with van der Waals surface area (Å²) in [7, 11) is 0. The normalized spacial score (nSPS) is 23.8. The van der Waals surface area contributed by atoms with Gasteiger partial charge < -0.3 is 20.1 Å². The highest BCUT2D eigenvalue weighted by molar-refractivity contribution is 5.74. The second-order valence-corrected chi connectivity index (χ2v) is 4.80. The number of morpholine rings is 1. The van der Waals surface area contributed by atoms with Crippen molar-refractivity contribution in [2.24, 2.45) is 0 Å². The van der Waals surface area contributed by atoms with Crippen LogP contribution in [0.2, 0.25) is 0 Å². The first kappa shape index (κ1) is 14.8. The number of ether oxygens (including phenoxy) is 1. The molecule has 0 saturated carbocycles. The van der Waals surface area contributed by atoms with Crippen LogP contribution in [0.4, 0.5) is 4.79 Å². The highest BCUT2D eigenvalue weighted by atomic mass is 16.5. The van der Waals surface area contributed by atoms with Crippen molar-refractivity contribution in [2.45, 2.75) is 38.7 Å². The molecule has 0 radical (unpaired) electrons. The number of nitrogens with one attached hydrogen (secondary N) is 1. The zero-order chi connectivity index (χ0) is 13.6. The molecule has 1 unspecified atom stereocenters. The summed E-state index contributed by atoms with van der Waals surface area (Å²) in [5, 5.41) is 11.2. The van der Waals surface area contributed by atoms with Gasteiger partial charge in [-0.25, -0.2) is 4.79 Å². The van der Waals surface area contributed by atoms with E-state index in [1.54, 1.807) is 4.90 Å². The average molecular weight is 258 g/mol. The Labute approximate surface area is 107 Å². The first-order valence-corrected chi connectivity index (χ1v) is 6.35. The molecule has 0 aromatic heterocycles. The maximum Gasteiger partial charge on any atom is 0.317 e. The van der Waals surface area contributed by atoms with E-state index >= 15 is 0 Å². The standard InChI is InChI=1S/C12H22N2O4/c1-3-12(2)9-14(7-8-18-12)11(17)13-6-4-5-10(15)16/h3-9H2,1-2H3,(H,13,17)(H,15,16). The van der Waals surface area contributed by atoms with Crippen molar-refractivity contribution in [1.29, 1.82) is 0 Å². The van der Waals surface area contributed by atoms with E-state index in [1.165, 1.54) is 0 Å². The van der Waals surface area contributed by atoms with Gasteiger partial charge in [0.2, 0.25) is 0 Å². The predicted molar refractivity (Wildman–Crippen MR) is 66.5 cm³/mol. The van der Waals surface area contributed by atoms with E-state index < -0.39 is 5.97 Å². The fraction of sp³-hybridized carbons (Fsp3) is 0.833. The molecule has 0 spiro atoms. The average Bonchev–Trinajstić information content (AvgIpc) is 2.34. The molecule has 2 N–H and O–H groups in total. The summed E-state index contributed by atoms with van der Waals surface area (Å²) in [6.45, 7) is 6.14. The van der Waals surface area contributed by atoms with Gasteiger partial charge in [0.15, 0.2) is 0 Å². The molecule has 104 valence electrons. The number of aliphatic carboxylic acids is 1. The second kappa shape index (κ2) is 6.58. The molecule has 18 heavy (non-hydrogen) atoms. The third kappa shape index (κ3) is 4.52. The fourth-order valence-electron chi connectivity index (χ4n) is 1.86. The van der Waals surface area contributed by atoms with E-state index in [2.05, 4.69) is 5.32 Å². The second-order valence-electron chi connectivity index (χ2n) is 4.80. The van der Waals surface area contributed by atoms with Gasteiger partial charge in [-0.1, -0.05) is 6.92 Å². The molecular formula is C12H22N2O4. The Balaban J connectivity index is 2.31. The Morgan fingerprint density at radius 2 is 2.22 bits per heavy atom. The number of carbonyl (C=O) groups is 2. The van der Waals surface area contributed by atoms with Crippen LogP contribution < -0.4 is 5.32 Å². The van der Waals surface area contributed by atoms with Gasteiger partial charge in [0.1, 0.15) is 0 Å². The van der Waals surface area contributed by atoms with Gasteiger partial charge in [0.25, 0.3) is 0 Å². The molecule has 2 amide bonds. The Kier molecular flexibility index (Phi) is 5.40. The predicted octanol–water partition coefficient (Wildman–Crippen LogP) is 1.06. The minimum atomic E-state index is -0.839.